The number of rotatable bonds is 7. The van der Waals surface area contributed by atoms with Gasteiger partial charge >= 0.3 is 5.97 Å². The van der Waals surface area contributed by atoms with Gasteiger partial charge in [-0.3, -0.25) is 9.59 Å². The number of hydrogen-bond acceptors (Lipinski definition) is 7. The van der Waals surface area contributed by atoms with Crippen molar-refractivity contribution in [2.75, 3.05) is 13.7 Å². The number of carbonyl (C=O) groups excluding carboxylic acids is 3. The van der Waals surface area contributed by atoms with Gasteiger partial charge in [0.2, 0.25) is 0 Å². The minimum Gasteiger partial charge on any atom is -0.493 e. The van der Waals surface area contributed by atoms with E-state index in [-0.39, 0.29) is 52.1 Å². The number of pyridine rings is 2. The van der Waals surface area contributed by atoms with Crippen LogP contribution in [0.3, 0.4) is 0 Å². The summed E-state index contributed by atoms with van der Waals surface area (Å²) < 4.78 is 24.9. The van der Waals surface area contributed by atoms with Crippen molar-refractivity contribution < 1.29 is 28.2 Å². The molecule has 31 heavy (non-hydrogen) atoms. The van der Waals surface area contributed by atoms with Crippen LogP contribution in [-0.2, 0) is 23.0 Å². The number of carbonyl (C=O) groups is 3. The van der Waals surface area contributed by atoms with E-state index in [1.165, 1.54) is 37.1 Å². The van der Waals surface area contributed by atoms with Crippen LogP contribution >= 0.6 is 0 Å². The minimum atomic E-state index is -0.839. The first-order chi connectivity index (χ1) is 14.8. The number of ether oxygens (including phenoxy) is 2. The van der Waals surface area contributed by atoms with E-state index in [1.807, 2.05) is 0 Å². The highest BCUT2D eigenvalue weighted by atomic mass is 19.1. The van der Waals surface area contributed by atoms with Crippen LogP contribution in [0, 0.1) is 5.82 Å². The second-order valence-electron chi connectivity index (χ2n) is 6.59. The van der Waals surface area contributed by atoms with Crippen LogP contribution < -0.4 is 10.3 Å². The number of aldehydes is 1. The maximum Gasteiger partial charge on any atom is 0.347 e. The number of aromatic nitrogens is 2. The molecule has 2 heterocycles. The quantitative estimate of drug-likeness (QED) is 0.324. The summed E-state index contributed by atoms with van der Waals surface area (Å²) in [4.78, 5) is 53.3. The van der Waals surface area contributed by atoms with Crippen molar-refractivity contribution in [3.8, 4) is 5.75 Å². The number of aryl methyl sites for hydroxylation is 1. The van der Waals surface area contributed by atoms with Gasteiger partial charge in [-0.05, 0) is 36.8 Å². The van der Waals surface area contributed by atoms with Gasteiger partial charge in [-0.2, -0.15) is 0 Å². The van der Waals surface area contributed by atoms with E-state index in [2.05, 4.69) is 4.98 Å². The summed E-state index contributed by atoms with van der Waals surface area (Å²) in [6, 6.07) is 4.97. The maximum absolute atomic E-state index is 13.6. The molecule has 2 aromatic heterocycles. The Hall–Kier alpha value is -3.88. The van der Waals surface area contributed by atoms with Gasteiger partial charge in [0.15, 0.2) is 17.1 Å². The zero-order chi connectivity index (χ0) is 22.7. The molecule has 0 unspecified atom stereocenters. The fourth-order valence-corrected chi connectivity index (χ4v) is 3.28. The summed E-state index contributed by atoms with van der Waals surface area (Å²) >= 11 is 0. The Morgan fingerprint density at radius 1 is 1.26 bits per heavy atom. The Kier molecular flexibility index (Phi) is 6.24. The summed E-state index contributed by atoms with van der Waals surface area (Å²) in [5, 5.41) is 0. The fraction of sp³-hybridized carbons (Fsp3) is 0.227. The van der Waals surface area contributed by atoms with E-state index in [9.17, 15) is 23.6 Å². The lowest BCUT2D eigenvalue weighted by Gasteiger charge is -2.14. The van der Waals surface area contributed by atoms with E-state index < -0.39 is 23.1 Å². The van der Waals surface area contributed by atoms with Crippen molar-refractivity contribution in [1.29, 1.82) is 0 Å². The first-order valence-electron chi connectivity index (χ1n) is 9.34. The molecule has 0 aliphatic heterocycles. The summed E-state index contributed by atoms with van der Waals surface area (Å²) in [5.41, 5.74) is -0.0160. The van der Waals surface area contributed by atoms with Crippen molar-refractivity contribution in [3.05, 3.63) is 68.9 Å². The fourth-order valence-electron chi connectivity index (χ4n) is 3.28. The van der Waals surface area contributed by atoms with Crippen LogP contribution in [0.4, 0.5) is 4.39 Å². The lowest BCUT2D eigenvalue weighted by Crippen LogP contribution is -2.27. The smallest absolute Gasteiger partial charge is 0.347 e. The number of benzene rings is 1. The molecule has 0 aliphatic carbocycles. The maximum atomic E-state index is 13.6. The monoisotopic (exact) mass is 426 g/mol. The normalized spacial score (nSPS) is 10.7. The second kappa shape index (κ2) is 8.86. The average Bonchev–Trinajstić information content (AvgIpc) is 2.75. The van der Waals surface area contributed by atoms with Gasteiger partial charge < -0.3 is 18.8 Å². The van der Waals surface area contributed by atoms with Crippen molar-refractivity contribution in [2.45, 2.75) is 13.3 Å². The standard InChI is InChI=1S/C22H19FN2O6/c1-4-31-22(29)17-20(30-3)18-16(25(2)21(17)28)10-13(11-24-18)19(27)15-6-5-14(23)9-12(15)7-8-26/h5-6,8-11H,4,7H2,1-3H3. The zero-order valence-electron chi connectivity index (χ0n) is 17.1. The number of hydrogen-bond donors (Lipinski definition) is 0. The van der Waals surface area contributed by atoms with E-state index in [1.54, 1.807) is 6.92 Å². The lowest BCUT2D eigenvalue weighted by atomic mass is 9.97. The van der Waals surface area contributed by atoms with E-state index >= 15 is 0 Å². The molecule has 0 bridgehead atoms. The van der Waals surface area contributed by atoms with Gasteiger partial charge in [-0.25, -0.2) is 14.2 Å². The first kappa shape index (κ1) is 21.8. The summed E-state index contributed by atoms with van der Waals surface area (Å²) in [5.74, 6) is -1.96. The van der Waals surface area contributed by atoms with E-state index in [4.69, 9.17) is 9.47 Å². The van der Waals surface area contributed by atoms with Gasteiger partial charge in [0, 0.05) is 30.8 Å². The highest BCUT2D eigenvalue weighted by Crippen LogP contribution is 2.27. The highest BCUT2D eigenvalue weighted by molar-refractivity contribution is 6.11. The summed E-state index contributed by atoms with van der Waals surface area (Å²) in [6.45, 7) is 1.69. The molecule has 0 aliphatic rings. The van der Waals surface area contributed by atoms with E-state index in [0.717, 1.165) is 12.1 Å². The van der Waals surface area contributed by atoms with Gasteiger partial charge in [0.25, 0.3) is 5.56 Å². The molecule has 0 N–H and O–H groups in total. The molecular weight excluding hydrogens is 407 g/mol. The largest absolute Gasteiger partial charge is 0.493 e. The number of nitrogens with zero attached hydrogens (tertiary/aromatic N) is 2. The molecule has 9 heteroatoms. The predicted molar refractivity (Wildman–Crippen MR) is 109 cm³/mol. The molecule has 0 radical (unpaired) electrons. The Morgan fingerprint density at radius 3 is 2.65 bits per heavy atom. The van der Waals surface area contributed by atoms with Crippen LogP contribution in [0.1, 0.15) is 38.8 Å². The van der Waals surface area contributed by atoms with Crippen LogP contribution in [0.2, 0.25) is 0 Å². The zero-order valence-corrected chi connectivity index (χ0v) is 17.1. The van der Waals surface area contributed by atoms with E-state index in [0.29, 0.717) is 6.29 Å². The number of fused-ring (bicyclic) bond motifs is 1. The highest BCUT2D eigenvalue weighted by Gasteiger charge is 2.25. The van der Waals surface area contributed by atoms with Gasteiger partial charge in [-0.15, -0.1) is 0 Å². The number of ketones is 1. The van der Waals surface area contributed by atoms with Crippen LogP contribution in [0.25, 0.3) is 11.0 Å². The molecule has 8 nitrogen and oxygen atoms in total. The third-order valence-corrected chi connectivity index (χ3v) is 4.75. The van der Waals surface area contributed by atoms with Gasteiger partial charge in [0.1, 0.15) is 17.6 Å². The average molecular weight is 426 g/mol. The third-order valence-electron chi connectivity index (χ3n) is 4.75. The second-order valence-corrected chi connectivity index (χ2v) is 6.59. The molecule has 0 amide bonds. The van der Waals surface area contributed by atoms with Crippen LogP contribution in [0.15, 0.2) is 35.3 Å². The number of methoxy groups -OCH3 is 1. The first-order valence-corrected chi connectivity index (χ1v) is 9.34. The van der Waals surface area contributed by atoms with Crippen molar-refractivity contribution in [2.24, 2.45) is 7.05 Å². The molecule has 0 atom stereocenters. The van der Waals surface area contributed by atoms with Crippen molar-refractivity contribution >= 4 is 29.1 Å². The van der Waals surface area contributed by atoms with Crippen molar-refractivity contribution in [3.63, 3.8) is 0 Å². The Bertz CT molecular complexity index is 1270. The summed E-state index contributed by atoms with van der Waals surface area (Å²) in [6.07, 6.45) is 1.71. The van der Waals surface area contributed by atoms with Crippen LogP contribution in [0.5, 0.6) is 5.75 Å². The number of halogens is 1. The lowest BCUT2D eigenvalue weighted by molar-refractivity contribution is -0.107. The third kappa shape index (κ3) is 3.94. The van der Waals surface area contributed by atoms with Crippen LogP contribution in [-0.4, -0.2) is 41.3 Å². The Morgan fingerprint density at radius 2 is 2.00 bits per heavy atom. The molecule has 3 rings (SSSR count). The molecular formula is C22H19FN2O6. The SMILES string of the molecule is CCOC(=O)c1c(OC)c2ncc(C(=O)c3ccc(F)cc3CC=O)cc2n(C)c1=O. The predicted octanol–water partition coefficient (Wildman–Crippen LogP) is 2.23. The van der Waals surface area contributed by atoms with Gasteiger partial charge in [-0.1, -0.05) is 0 Å². The molecule has 0 spiro atoms. The molecule has 160 valence electrons. The molecule has 1 aromatic carbocycles. The molecule has 0 fully saturated rings. The van der Waals surface area contributed by atoms with Crippen molar-refractivity contribution in [1.82, 2.24) is 9.55 Å². The topological polar surface area (TPSA) is 105 Å². The Labute approximate surface area is 176 Å². The molecule has 3 aromatic rings. The molecule has 0 saturated heterocycles. The van der Waals surface area contributed by atoms with Gasteiger partial charge in [0.05, 0.1) is 19.2 Å². The Balaban J connectivity index is 2.21. The minimum absolute atomic E-state index is 0.0565. The number of esters is 1. The summed E-state index contributed by atoms with van der Waals surface area (Å²) in [7, 11) is 2.72. The molecule has 0 saturated carbocycles.